The maximum absolute atomic E-state index is 12.7. The predicted molar refractivity (Wildman–Crippen MR) is 93.8 cm³/mol. The highest BCUT2D eigenvalue weighted by atomic mass is 16.5. The first-order chi connectivity index (χ1) is 12.0. The first kappa shape index (κ1) is 17.5. The summed E-state index contributed by atoms with van der Waals surface area (Å²) in [4.78, 5) is 28.6. The van der Waals surface area contributed by atoms with E-state index in [1.165, 1.54) is 0 Å². The molecule has 2 aliphatic rings. The third-order valence-corrected chi connectivity index (χ3v) is 4.92. The van der Waals surface area contributed by atoms with E-state index in [4.69, 9.17) is 15.2 Å². The van der Waals surface area contributed by atoms with Crippen molar-refractivity contribution in [2.75, 3.05) is 38.8 Å². The predicted octanol–water partition coefficient (Wildman–Crippen LogP) is 1.01. The van der Waals surface area contributed by atoms with Crippen LogP contribution in [-0.4, -0.2) is 56.6 Å². The number of benzene rings is 1. The van der Waals surface area contributed by atoms with Crippen molar-refractivity contribution in [1.29, 1.82) is 0 Å². The second kappa shape index (κ2) is 7.31. The number of likely N-dealkylation sites (tertiary alicyclic amines) is 1. The summed E-state index contributed by atoms with van der Waals surface area (Å²) in [6.45, 7) is 1.70. The van der Waals surface area contributed by atoms with Crippen LogP contribution in [0.5, 0.6) is 11.5 Å². The molecule has 2 fully saturated rings. The van der Waals surface area contributed by atoms with Gasteiger partial charge in [0.25, 0.3) is 0 Å². The summed E-state index contributed by atoms with van der Waals surface area (Å²) in [5, 5.41) is 0. The number of anilines is 1. The molecule has 3 rings (SSSR count). The van der Waals surface area contributed by atoms with Gasteiger partial charge in [-0.3, -0.25) is 9.59 Å². The van der Waals surface area contributed by atoms with Crippen molar-refractivity contribution in [2.45, 2.75) is 25.3 Å². The second-order valence-corrected chi connectivity index (χ2v) is 6.63. The maximum atomic E-state index is 12.7. The number of rotatable bonds is 4. The zero-order valence-electron chi connectivity index (χ0n) is 14.7. The number of amides is 2. The van der Waals surface area contributed by atoms with Crippen molar-refractivity contribution in [3.05, 3.63) is 18.2 Å². The summed E-state index contributed by atoms with van der Waals surface area (Å²) in [7, 11) is 3.12. The molecular formula is C18H25N3O4. The molecule has 7 nitrogen and oxygen atoms in total. The molecule has 2 N–H and O–H groups in total. The molecule has 136 valence electrons. The van der Waals surface area contributed by atoms with E-state index < -0.39 is 0 Å². The van der Waals surface area contributed by atoms with Crippen LogP contribution in [-0.2, 0) is 9.59 Å². The molecule has 0 spiro atoms. The summed E-state index contributed by atoms with van der Waals surface area (Å²) >= 11 is 0. The Bertz CT molecular complexity index is 664. The van der Waals surface area contributed by atoms with Crippen LogP contribution in [0.25, 0.3) is 0 Å². The Kier molecular flexibility index (Phi) is 5.13. The Hall–Kier alpha value is -2.28. The van der Waals surface area contributed by atoms with Gasteiger partial charge in [-0.1, -0.05) is 0 Å². The first-order valence-electron chi connectivity index (χ1n) is 8.60. The molecule has 0 aliphatic carbocycles. The van der Waals surface area contributed by atoms with E-state index in [1.54, 1.807) is 31.3 Å². The Balaban J connectivity index is 1.73. The van der Waals surface area contributed by atoms with Crippen LogP contribution >= 0.6 is 0 Å². The van der Waals surface area contributed by atoms with E-state index in [9.17, 15) is 9.59 Å². The molecule has 2 aliphatic heterocycles. The monoisotopic (exact) mass is 347 g/mol. The molecule has 2 heterocycles. The highest BCUT2D eigenvalue weighted by Crippen LogP contribution is 2.34. The van der Waals surface area contributed by atoms with E-state index in [-0.39, 0.29) is 30.2 Å². The van der Waals surface area contributed by atoms with Gasteiger partial charge in [0.2, 0.25) is 11.8 Å². The molecule has 0 bridgehead atoms. The van der Waals surface area contributed by atoms with Crippen molar-refractivity contribution < 1.29 is 19.1 Å². The van der Waals surface area contributed by atoms with Gasteiger partial charge < -0.3 is 25.0 Å². The number of nitrogens with zero attached hydrogens (tertiary/aromatic N) is 2. The third kappa shape index (κ3) is 3.56. The Labute approximate surface area is 147 Å². The van der Waals surface area contributed by atoms with Crippen molar-refractivity contribution in [1.82, 2.24) is 4.90 Å². The molecule has 2 atom stereocenters. The average molecular weight is 347 g/mol. The van der Waals surface area contributed by atoms with E-state index in [2.05, 4.69) is 0 Å². The molecule has 0 aromatic heterocycles. The van der Waals surface area contributed by atoms with E-state index in [0.29, 0.717) is 30.3 Å². The lowest BCUT2D eigenvalue weighted by atomic mass is 10.0. The van der Waals surface area contributed by atoms with Gasteiger partial charge in [0.15, 0.2) is 11.5 Å². The van der Waals surface area contributed by atoms with Crippen LogP contribution in [0.3, 0.4) is 0 Å². The van der Waals surface area contributed by atoms with Crippen LogP contribution < -0.4 is 20.1 Å². The lowest BCUT2D eigenvalue weighted by molar-refractivity contribution is -0.136. The van der Waals surface area contributed by atoms with Crippen molar-refractivity contribution >= 4 is 17.5 Å². The third-order valence-electron chi connectivity index (χ3n) is 4.92. The molecule has 1 aromatic carbocycles. The summed E-state index contributed by atoms with van der Waals surface area (Å²) in [5.74, 6) is 0.835. The van der Waals surface area contributed by atoms with E-state index >= 15 is 0 Å². The highest BCUT2D eigenvalue weighted by molar-refractivity contribution is 6.00. The van der Waals surface area contributed by atoms with E-state index in [0.717, 1.165) is 19.4 Å². The number of carbonyl (C=O) groups is 2. The highest BCUT2D eigenvalue weighted by Gasteiger charge is 2.38. The molecule has 25 heavy (non-hydrogen) atoms. The summed E-state index contributed by atoms with van der Waals surface area (Å²) in [6, 6.07) is 5.38. The molecule has 0 saturated carbocycles. The van der Waals surface area contributed by atoms with Crippen molar-refractivity contribution in [2.24, 2.45) is 11.7 Å². The summed E-state index contributed by atoms with van der Waals surface area (Å²) < 4.78 is 10.5. The molecule has 2 amide bonds. The SMILES string of the molecule is COc1ccc(N2C[C@H](C(=O)N3CCC[C@@H](N)C3)CC2=O)cc1OC. The fourth-order valence-corrected chi connectivity index (χ4v) is 3.58. The first-order valence-corrected chi connectivity index (χ1v) is 8.60. The number of hydrogen-bond acceptors (Lipinski definition) is 5. The summed E-state index contributed by atoms with van der Waals surface area (Å²) in [6.07, 6.45) is 2.11. The van der Waals surface area contributed by atoms with Gasteiger partial charge in [0.05, 0.1) is 20.1 Å². The van der Waals surface area contributed by atoms with E-state index in [1.807, 2.05) is 11.0 Å². The van der Waals surface area contributed by atoms with Gasteiger partial charge in [-0.15, -0.1) is 0 Å². The minimum Gasteiger partial charge on any atom is -0.493 e. The fourth-order valence-electron chi connectivity index (χ4n) is 3.58. The molecular weight excluding hydrogens is 322 g/mol. The number of hydrogen-bond donors (Lipinski definition) is 1. The lowest BCUT2D eigenvalue weighted by Gasteiger charge is -2.32. The maximum Gasteiger partial charge on any atom is 0.228 e. The van der Waals surface area contributed by atoms with Crippen LogP contribution in [0.4, 0.5) is 5.69 Å². The van der Waals surface area contributed by atoms with Crippen LogP contribution in [0.1, 0.15) is 19.3 Å². The Morgan fingerprint density at radius 1 is 1.20 bits per heavy atom. The Morgan fingerprint density at radius 2 is 1.96 bits per heavy atom. The zero-order valence-corrected chi connectivity index (χ0v) is 14.7. The molecule has 0 radical (unpaired) electrons. The standard InChI is InChI=1S/C18H25N3O4/c1-24-15-6-5-14(9-16(15)25-2)21-10-12(8-17(21)22)18(23)20-7-3-4-13(19)11-20/h5-6,9,12-13H,3-4,7-8,10-11,19H2,1-2H3/t12-,13-/m1/s1. The van der Waals surface area contributed by atoms with Gasteiger partial charge in [-0.25, -0.2) is 0 Å². The van der Waals surface area contributed by atoms with Crippen LogP contribution in [0, 0.1) is 5.92 Å². The normalized spacial score (nSPS) is 23.7. The number of nitrogens with two attached hydrogens (primary N) is 1. The second-order valence-electron chi connectivity index (χ2n) is 6.63. The summed E-state index contributed by atoms with van der Waals surface area (Å²) in [5.41, 5.74) is 6.69. The topological polar surface area (TPSA) is 85.1 Å². The Morgan fingerprint density at radius 3 is 2.64 bits per heavy atom. The fraction of sp³-hybridized carbons (Fsp3) is 0.556. The van der Waals surface area contributed by atoms with Crippen molar-refractivity contribution in [3.8, 4) is 11.5 Å². The van der Waals surface area contributed by atoms with Gasteiger partial charge in [-0.05, 0) is 25.0 Å². The largest absolute Gasteiger partial charge is 0.493 e. The number of piperidine rings is 1. The van der Waals surface area contributed by atoms with Crippen LogP contribution in [0.15, 0.2) is 18.2 Å². The molecule has 7 heteroatoms. The average Bonchev–Trinajstić information content (AvgIpc) is 3.02. The smallest absolute Gasteiger partial charge is 0.228 e. The quantitative estimate of drug-likeness (QED) is 0.878. The molecule has 2 saturated heterocycles. The zero-order chi connectivity index (χ0) is 18.0. The number of carbonyl (C=O) groups excluding carboxylic acids is 2. The van der Waals surface area contributed by atoms with Crippen LogP contribution in [0.2, 0.25) is 0 Å². The molecule has 0 unspecified atom stereocenters. The van der Waals surface area contributed by atoms with Gasteiger partial charge in [0.1, 0.15) is 0 Å². The van der Waals surface area contributed by atoms with Gasteiger partial charge in [-0.2, -0.15) is 0 Å². The number of methoxy groups -OCH3 is 2. The lowest BCUT2D eigenvalue weighted by Crippen LogP contribution is -2.48. The van der Waals surface area contributed by atoms with Crippen molar-refractivity contribution in [3.63, 3.8) is 0 Å². The minimum absolute atomic E-state index is 0.0338. The van der Waals surface area contributed by atoms with Gasteiger partial charge in [0, 0.05) is 43.9 Å². The minimum atomic E-state index is -0.314. The molecule has 1 aromatic rings. The number of ether oxygens (including phenoxy) is 2. The van der Waals surface area contributed by atoms with Gasteiger partial charge >= 0.3 is 0 Å².